The van der Waals surface area contributed by atoms with E-state index in [9.17, 15) is 24.3 Å². The molecule has 9 nitrogen and oxygen atoms in total. The van der Waals surface area contributed by atoms with Gasteiger partial charge in [0.15, 0.2) is 0 Å². The first-order valence-electron chi connectivity index (χ1n) is 13.2. The van der Waals surface area contributed by atoms with Gasteiger partial charge in [-0.25, -0.2) is 4.79 Å². The number of phenolic OH excluding ortho intramolecular Hbond substituents is 1. The number of fused-ring (bicyclic) bond motifs is 4. The number of nitrogens with one attached hydrogen (secondary N) is 1. The van der Waals surface area contributed by atoms with Crippen molar-refractivity contribution < 1.29 is 19.5 Å². The lowest BCUT2D eigenvalue weighted by Gasteiger charge is -2.47. The van der Waals surface area contributed by atoms with E-state index in [1.54, 1.807) is 24.3 Å². The van der Waals surface area contributed by atoms with Crippen LogP contribution < -0.4 is 10.9 Å². The number of benzene rings is 2. The van der Waals surface area contributed by atoms with E-state index in [1.165, 1.54) is 12.1 Å². The number of nitrogens with zero attached hydrogens (tertiary/aromatic N) is 3. The van der Waals surface area contributed by atoms with Gasteiger partial charge in [0.1, 0.15) is 11.2 Å². The van der Waals surface area contributed by atoms with Crippen molar-refractivity contribution in [2.75, 3.05) is 19.6 Å². The van der Waals surface area contributed by atoms with E-state index in [2.05, 4.69) is 10.2 Å². The van der Waals surface area contributed by atoms with Crippen molar-refractivity contribution in [2.45, 2.75) is 31.8 Å². The molecule has 0 aliphatic carbocycles. The summed E-state index contributed by atoms with van der Waals surface area (Å²) >= 11 is 0. The largest absolute Gasteiger partial charge is 0.508 e. The third-order valence-electron chi connectivity index (χ3n) is 8.23. The number of rotatable bonds is 6. The highest BCUT2D eigenvalue weighted by atomic mass is 16.3. The van der Waals surface area contributed by atoms with E-state index in [0.29, 0.717) is 25.2 Å². The molecule has 3 atom stereocenters. The highest BCUT2D eigenvalue weighted by Crippen LogP contribution is 2.38. The van der Waals surface area contributed by atoms with Crippen LogP contribution >= 0.6 is 0 Å². The van der Waals surface area contributed by atoms with Crippen molar-refractivity contribution in [1.82, 2.24) is 19.7 Å². The summed E-state index contributed by atoms with van der Waals surface area (Å²) in [4.78, 5) is 56.6. The maximum atomic E-state index is 14.2. The fourth-order valence-corrected chi connectivity index (χ4v) is 6.46. The lowest BCUT2D eigenvalue weighted by molar-refractivity contribution is -0.154. The monoisotopic (exact) mass is 526 g/mol. The molecule has 2 aromatic carbocycles. The van der Waals surface area contributed by atoms with E-state index < -0.39 is 23.3 Å². The average Bonchev–Trinajstić information content (AvgIpc) is 2.92. The third kappa shape index (κ3) is 4.63. The van der Waals surface area contributed by atoms with Crippen molar-refractivity contribution in [3.05, 3.63) is 100.0 Å². The molecule has 3 aromatic rings. The van der Waals surface area contributed by atoms with Crippen LogP contribution in [0, 0.1) is 11.3 Å². The smallest absolute Gasteiger partial charge is 0.331 e. The highest BCUT2D eigenvalue weighted by Gasteiger charge is 2.55. The van der Waals surface area contributed by atoms with Gasteiger partial charge in [0.2, 0.25) is 11.8 Å². The number of imide groups is 2. The van der Waals surface area contributed by atoms with Gasteiger partial charge in [0, 0.05) is 43.9 Å². The molecule has 3 aliphatic heterocycles. The van der Waals surface area contributed by atoms with Crippen LogP contribution in [0.4, 0.5) is 4.79 Å². The summed E-state index contributed by atoms with van der Waals surface area (Å²) in [6, 6.07) is 20.3. The number of hydrogen-bond acceptors (Lipinski definition) is 6. The highest BCUT2D eigenvalue weighted by molar-refractivity contribution is 6.19. The van der Waals surface area contributed by atoms with Gasteiger partial charge in [-0.05, 0) is 48.1 Å². The molecule has 2 bridgehead atoms. The molecule has 0 radical (unpaired) electrons. The molecule has 9 heteroatoms. The average molecular weight is 527 g/mol. The lowest BCUT2D eigenvalue weighted by atomic mass is 9.75. The number of urea groups is 1. The number of piperidine rings is 1. The molecule has 0 unspecified atom stereocenters. The quantitative estimate of drug-likeness (QED) is 0.478. The van der Waals surface area contributed by atoms with E-state index in [-0.39, 0.29) is 42.7 Å². The molecular weight excluding hydrogens is 496 g/mol. The minimum Gasteiger partial charge on any atom is -0.508 e. The van der Waals surface area contributed by atoms with Crippen LogP contribution in [0.1, 0.15) is 29.2 Å². The van der Waals surface area contributed by atoms with Crippen molar-refractivity contribution in [3.63, 3.8) is 0 Å². The van der Waals surface area contributed by atoms with E-state index in [4.69, 9.17) is 0 Å². The molecule has 4 heterocycles. The van der Waals surface area contributed by atoms with Gasteiger partial charge >= 0.3 is 6.03 Å². The Labute approximate surface area is 225 Å². The maximum absolute atomic E-state index is 14.2. The number of aromatic nitrogens is 1. The molecule has 2 N–H and O–H groups in total. The van der Waals surface area contributed by atoms with E-state index in [1.807, 2.05) is 41.0 Å². The first-order chi connectivity index (χ1) is 18.8. The summed E-state index contributed by atoms with van der Waals surface area (Å²) < 4.78 is 1.85. The van der Waals surface area contributed by atoms with Crippen LogP contribution in [0.25, 0.3) is 0 Å². The summed E-state index contributed by atoms with van der Waals surface area (Å²) in [5, 5.41) is 12.3. The third-order valence-corrected chi connectivity index (χ3v) is 8.23. The van der Waals surface area contributed by atoms with Gasteiger partial charge in [0.25, 0.3) is 5.56 Å². The topological polar surface area (TPSA) is 112 Å². The number of aromatic hydroxyl groups is 1. The number of phenols is 1. The number of carbonyl (C=O) groups is 3. The van der Waals surface area contributed by atoms with Gasteiger partial charge in [-0.15, -0.1) is 0 Å². The fourth-order valence-electron chi connectivity index (χ4n) is 6.46. The van der Waals surface area contributed by atoms with E-state index in [0.717, 1.165) is 22.6 Å². The second-order valence-electron chi connectivity index (χ2n) is 11.0. The Bertz CT molecular complexity index is 1490. The van der Waals surface area contributed by atoms with Crippen LogP contribution in [0.3, 0.4) is 0 Å². The van der Waals surface area contributed by atoms with Crippen molar-refractivity contribution in [2.24, 2.45) is 11.3 Å². The standard InChI is InChI=1S/C30H30N4O5/c35-24-11-9-20(10-12-24)14-30(27(37)31-29(39)34(28(30)38)16-21-5-2-1-3-6-21)19-32-15-22-13-23(18-32)25-7-4-8-26(36)33(25)17-22/h1-12,22-23,35H,13-19H2,(H,31,37,39)/t22-,23+,30-/m0/s1. The number of carbonyl (C=O) groups excluding carboxylic acids is 3. The molecule has 39 heavy (non-hydrogen) atoms. The first kappa shape index (κ1) is 25.1. The fraction of sp³-hybridized carbons (Fsp3) is 0.333. The van der Waals surface area contributed by atoms with Gasteiger partial charge in [-0.1, -0.05) is 48.5 Å². The Morgan fingerprint density at radius 3 is 2.38 bits per heavy atom. The molecule has 4 amide bonds. The molecule has 6 rings (SSSR count). The predicted octanol–water partition coefficient (Wildman–Crippen LogP) is 2.48. The normalized spacial score (nSPS) is 24.8. The van der Waals surface area contributed by atoms with Crippen LogP contribution in [-0.4, -0.2) is 57.0 Å². The van der Waals surface area contributed by atoms with Crippen LogP contribution in [0.15, 0.2) is 77.6 Å². The summed E-state index contributed by atoms with van der Waals surface area (Å²) in [6.07, 6.45) is 1.03. The Hall–Kier alpha value is -4.24. The SMILES string of the molecule is O=C1NC(=O)[C@](Cc2ccc(O)cc2)(CN2C[C@@H]3C[C@H](C2)c2cccc(=O)n2C3)C(=O)N1Cc1ccccc1. The van der Waals surface area contributed by atoms with E-state index >= 15 is 0 Å². The van der Waals surface area contributed by atoms with Crippen molar-refractivity contribution >= 4 is 17.8 Å². The first-order valence-corrected chi connectivity index (χ1v) is 13.2. The van der Waals surface area contributed by atoms with Gasteiger partial charge < -0.3 is 14.6 Å². The predicted molar refractivity (Wildman–Crippen MR) is 143 cm³/mol. The summed E-state index contributed by atoms with van der Waals surface area (Å²) in [7, 11) is 0. The second kappa shape index (κ2) is 9.81. The molecule has 2 fully saturated rings. The Balaban J connectivity index is 1.35. The van der Waals surface area contributed by atoms with Gasteiger partial charge in [0.05, 0.1) is 6.54 Å². The van der Waals surface area contributed by atoms with Crippen molar-refractivity contribution in [1.29, 1.82) is 0 Å². The number of pyridine rings is 1. The zero-order valence-electron chi connectivity index (χ0n) is 21.5. The molecule has 3 aliphatic rings. The second-order valence-corrected chi connectivity index (χ2v) is 11.0. The molecule has 1 aromatic heterocycles. The molecule has 0 saturated carbocycles. The van der Waals surface area contributed by atoms with Crippen LogP contribution in [0.5, 0.6) is 5.75 Å². The van der Waals surface area contributed by atoms with Gasteiger partial charge in [-0.2, -0.15) is 0 Å². The zero-order valence-corrected chi connectivity index (χ0v) is 21.5. The number of barbiturate groups is 1. The van der Waals surface area contributed by atoms with Crippen LogP contribution in [-0.2, 0) is 29.1 Å². The minimum atomic E-state index is -1.54. The zero-order chi connectivity index (χ0) is 27.1. The molecule has 0 spiro atoms. The van der Waals surface area contributed by atoms with Crippen LogP contribution in [0.2, 0.25) is 0 Å². The van der Waals surface area contributed by atoms with Crippen molar-refractivity contribution in [3.8, 4) is 5.75 Å². The summed E-state index contributed by atoms with van der Waals surface area (Å²) in [6.45, 7) is 2.04. The lowest BCUT2D eigenvalue weighted by Crippen LogP contribution is -2.67. The number of hydrogen-bond donors (Lipinski definition) is 2. The molecular formula is C30H30N4O5. The minimum absolute atomic E-state index is 0.00338. The van der Waals surface area contributed by atoms with Gasteiger partial charge in [-0.3, -0.25) is 24.6 Å². The number of likely N-dealkylation sites (tertiary alicyclic amines) is 1. The Morgan fingerprint density at radius 1 is 0.846 bits per heavy atom. The Morgan fingerprint density at radius 2 is 1.62 bits per heavy atom. The maximum Gasteiger partial charge on any atom is 0.331 e. The number of amides is 4. The Kier molecular flexibility index (Phi) is 6.31. The molecule has 200 valence electrons. The molecule has 2 saturated heterocycles. The summed E-state index contributed by atoms with van der Waals surface area (Å²) in [5.41, 5.74) is 0.928. The summed E-state index contributed by atoms with van der Waals surface area (Å²) in [5.74, 6) is -0.722.